The SMILES string of the molecule is Cc1nn(C)cc1CNC[C@@]1(O)CCCN(CC2CCCCC2)C1=O. The Morgan fingerprint density at radius 2 is 2.08 bits per heavy atom. The van der Waals surface area contributed by atoms with Crippen molar-refractivity contribution in [3.05, 3.63) is 17.5 Å². The summed E-state index contributed by atoms with van der Waals surface area (Å²) in [6.07, 6.45) is 9.73. The predicted octanol–water partition coefficient (Wildman–Crippen LogP) is 1.75. The highest BCUT2D eigenvalue weighted by Crippen LogP contribution is 2.28. The molecule has 2 N–H and O–H groups in total. The van der Waals surface area contributed by atoms with Crippen LogP contribution in [0.2, 0.25) is 0 Å². The molecule has 1 aromatic rings. The number of nitrogens with one attached hydrogen (secondary N) is 1. The molecule has 1 amide bonds. The zero-order chi connectivity index (χ0) is 17.9. The van der Waals surface area contributed by atoms with Crippen LogP contribution in [0.4, 0.5) is 0 Å². The van der Waals surface area contributed by atoms with Gasteiger partial charge in [-0.05, 0) is 38.5 Å². The molecule has 1 saturated heterocycles. The summed E-state index contributed by atoms with van der Waals surface area (Å²) in [5.74, 6) is 0.533. The van der Waals surface area contributed by atoms with Crippen LogP contribution in [-0.4, -0.2) is 50.9 Å². The fraction of sp³-hybridized carbons (Fsp3) is 0.789. The second-order valence-corrected chi connectivity index (χ2v) is 7.91. The first-order valence-electron chi connectivity index (χ1n) is 9.69. The minimum atomic E-state index is -1.26. The standard InChI is InChI=1S/C19H32N4O2/c1-15-17(13-22(2)21-15)11-20-14-19(25)9-6-10-23(18(19)24)12-16-7-4-3-5-8-16/h13,16,20,25H,3-12,14H2,1-2H3/t19-/m0/s1. The molecular formula is C19H32N4O2. The summed E-state index contributed by atoms with van der Waals surface area (Å²) in [4.78, 5) is 14.8. The van der Waals surface area contributed by atoms with E-state index in [9.17, 15) is 9.90 Å². The number of carbonyl (C=O) groups excluding carboxylic acids is 1. The van der Waals surface area contributed by atoms with E-state index in [2.05, 4.69) is 10.4 Å². The van der Waals surface area contributed by atoms with Crippen LogP contribution in [0.3, 0.4) is 0 Å². The first kappa shape index (κ1) is 18.4. The van der Waals surface area contributed by atoms with Crippen LogP contribution >= 0.6 is 0 Å². The van der Waals surface area contributed by atoms with Gasteiger partial charge in [0.15, 0.2) is 5.60 Å². The Hall–Kier alpha value is -1.40. The van der Waals surface area contributed by atoms with Crippen LogP contribution in [0.15, 0.2) is 6.20 Å². The number of hydrogen-bond acceptors (Lipinski definition) is 4. The maximum Gasteiger partial charge on any atom is 0.255 e. The van der Waals surface area contributed by atoms with Crippen molar-refractivity contribution in [2.24, 2.45) is 13.0 Å². The van der Waals surface area contributed by atoms with Crippen molar-refractivity contribution in [2.45, 2.75) is 64.0 Å². The smallest absolute Gasteiger partial charge is 0.255 e. The molecule has 0 aromatic carbocycles. The quantitative estimate of drug-likeness (QED) is 0.822. The maximum absolute atomic E-state index is 12.9. The Morgan fingerprint density at radius 1 is 1.32 bits per heavy atom. The zero-order valence-corrected chi connectivity index (χ0v) is 15.6. The van der Waals surface area contributed by atoms with Crippen LogP contribution in [0, 0.1) is 12.8 Å². The number of nitrogens with zero attached hydrogens (tertiary/aromatic N) is 3. The van der Waals surface area contributed by atoms with Gasteiger partial charge in [-0.3, -0.25) is 9.48 Å². The lowest BCUT2D eigenvalue weighted by Crippen LogP contribution is -2.58. The average Bonchev–Trinajstić information content (AvgIpc) is 2.91. The van der Waals surface area contributed by atoms with Gasteiger partial charge < -0.3 is 15.3 Å². The largest absolute Gasteiger partial charge is 0.379 e. The minimum Gasteiger partial charge on any atom is -0.379 e. The van der Waals surface area contributed by atoms with E-state index in [0.29, 0.717) is 25.4 Å². The topological polar surface area (TPSA) is 70.4 Å². The minimum absolute atomic E-state index is 0.0836. The van der Waals surface area contributed by atoms with Gasteiger partial charge in [0.2, 0.25) is 0 Å². The Kier molecular flexibility index (Phi) is 5.79. The second kappa shape index (κ2) is 7.87. The lowest BCUT2D eigenvalue weighted by molar-refractivity contribution is -0.157. The molecule has 1 aromatic heterocycles. The Bertz CT molecular complexity index is 594. The van der Waals surface area contributed by atoms with Crippen molar-refractivity contribution in [3.63, 3.8) is 0 Å². The van der Waals surface area contributed by atoms with Gasteiger partial charge >= 0.3 is 0 Å². The Labute approximate surface area is 150 Å². The van der Waals surface area contributed by atoms with Crippen molar-refractivity contribution < 1.29 is 9.90 Å². The molecule has 1 aliphatic heterocycles. The van der Waals surface area contributed by atoms with E-state index in [1.807, 2.05) is 25.1 Å². The fourth-order valence-electron chi connectivity index (χ4n) is 4.31. The second-order valence-electron chi connectivity index (χ2n) is 7.91. The van der Waals surface area contributed by atoms with Crippen LogP contribution in [-0.2, 0) is 18.4 Å². The highest BCUT2D eigenvalue weighted by atomic mass is 16.3. The molecule has 0 radical (unpaired) electrons. The Balaban J connectivity index is 1.54. The highest BCUT2D eigenvalue weighted by Gasteiger charge is 2.42. The van der Waals surface area contributed by atoms with Gasteiger partial charge in [0.25, 0.3) is 5.91 Å². The normalized spacial score (nSPS) is 25.6. The number of carbonyl (C=O) groups is 1. The zero-order valence-electron chi connectivity index (χ0n) is 15.6. The lowest BCUT2D eigenvalue weighted by Gasteiger charge is -2.40. The Morgan fingerprint density at radius 3 is 2.76 bits per heavy atom. The lowest BCUT2D eigenvalue weighted by atomic mass is 9.86. The van der Waals surface area contributed by atoms with Crippen molar-refractivity contribution in [1.82, 2.24) is 20.0 Å². The first-order chi connectivity index (χ1) is 12.0. The summed E-state index contributed by atoms with van der Waals surface area (Å²) in [6.45, 7) is 4.52. The number of aryl methyl sites for hydroxylation is 2. The molecule has 3 rings (SSSR count). The van der Waals surface area contributed by atoms with Crippen LogP contribution in [0.1, 0.15) is 56.2 Å². The number of likely N-dealkylation sites (tertiary alicyclic amines) is 1. The van der Waals surface area contributed by atoms with Gasteiger partial charge in [0.05, 0.1) is 5.69 Å². The summed E-state index contributed by atoms with van der Waals surface area (Å²) >= 11 is 0. The van der Waals surface area contributed by atoms with Crippen molar-refractivity contribution in [3.8, 4) is 0 Å². The van der Waals surface area contributed by atoms with Gasteiger partial charge in [0.1, 0.15) is 0 Å². The molecule has 1 aliphatic carbocycles. The molecule has 140 valence electrons. The molecule has 6 nitrogen and oxygen atoms in total. The van der Waals surface area contributed by atoms with Gasteiger partial charge in [-0.15, -0.1) is 0 Å². The summed E-state index contributed by atoms with van der Waals surface area (Å²) in [5.41, 5.74) is 0.826. The number of piperidine rings is 1. The molecule has 0 spiro atoms. The third-order valence-electron chi connectivity index (χ3n) is 5.76. The van der Waals surface area contributed by atoms with E-state index >= 15 is 0 Å². The molecule has 6 heteroatoms. The van der Waals surface area contributed by atoms with Gasteiger partial charge in [0, 0.05) is 45.0 Å². The van der Waals surface area contributed by atoms with Crippen molar-refractivity contribution >= 4 is 5.91 Å². The molecule has 1 saturated carbocycles. The van der Waals surface area contributed by atoms with Gasteiger partial charge in [-0.2, -0.15) is 5.10 Å². The van der Waals surface area contributed by atoms with E-state index in [1.54, 1.807) is 4.68 Å². The molecule has 2 fully saturated rings. The van der Waals surface area contributed by atoms with Crippen molar-refractivity contribution in [1.29, 1.82) is 0 Å². The number of amides is 1. The van der Waals surface area contributed by atoms with Gasteiger partial charge in [-0.25, -0.2) is 0 Å². The summed E-state index contributed by atoms with van der Waals surface area (Å²) < 4.78 is 1.79. The maximum atomic E-state index is 12.9. The summed E-state index contributed by atoms with van der Waals surface area (Å²) in [5, 5.41) is 18.5. The molecule has 1 atom stereocenters. The fourth-order valence-corrected chi connectivity index (χ4v) is 4.31. The van der Waals surface area contributed by atoms with Crippen LogP contribution in [0.25, 0.3) is 0 Å². The molecule has 2 heterocycles. The number of rotatable bonds is 6. The average molecular weight is 348 g/mol. The third-order valence-corrected chi connectivity index (χ3v) is 5.76. The molecule has 0 unspecified atom stereocenters. The van der Waals surface area contributed by atoms with Gasteiger partial charge in [-0.1, -0.05) is 19.3 Å². The number of hydrogen-bond donors (Lipinski definition) is 2. The predicted molar refractivity (Wildman–Crippen MR) is 97.0 cm³/mol. The molecule has 2 aliphatic rings. The van der Waals surface area contributed by atoms with Crippen molar-refractivity contribution in [2.75, 3.05) is 19.6 Å². The van der Waals surface area contributed by atoms with Crippen LogP contribution < -0.4 is 5.32 Å². The van der Waals surface area contributed by atoms with E-state index in [0.717, 1.165) is 30.8 Å². The summed E-state index contributed by atoms with van der Waals surface area (Å²) in [7, 11) is 1.90. The molecule has 25 heavy (non-hydrogen) atoms. The molecule has 0 bridgehead atoms. The third kappa shape index (κ3) is 4.42. The van der Waals surface area contributed by atoms with Crippen LogP contribution in [0.5, 0.6) is 0 Å². The highest BCUT2D eigenvalue weighted by molar-refractivity contribution is 5.86. The molecular weight excluding hydrogens is 316 g/mol. The van der Waals surface area contributed by atoms with E-state index in [1.165, 1.54) is 32.1 Å². The number of aliphatic hydroxyl groups is 1. The van der Waals surface area contributed by atoms with E-state index in [-0.39, 0.29) is 5.91 Å². The monoisotopic (exact) mass is 348 g/mol. The summed E-state index contributed by atoms with van der Waals surface area (Å²) in [6, 6.07) is 0. The van der Waals surface area contributed by atoms with E-state index in [4.69, 9.17) is 0 Å². The first-order valence-corrected chi connectivity index (χ1v) is 9.69. The van der Waals surface area contributed by atoms with E-state index < -0.39 is 5.60 Å². The number of aromatic nitrogens is 2.